The summed E-state index contributed by atoms with van der Waals surface area (Å²) in [5.74, 6) is -7.44. The predicted octanol–water partition coefficient (Wildman–Crippen LogP) is 0.355. The van der Waals surface area contributed by atoms with Crippen molar-refractivity contribution in [1.29, 1.82) is 0 Å². The normalized spacial score (nSPS) is 14.0. The molecule has 6 amide bonds. The number of carbonyl (C=O) groups excluding carboxylic acids is 7. The second kappa shape index (κ2) is 25.2. The summed E-state index contributed by atoms with van der Waals surface area (Å²) in [6.07, 6.45) is 2.84. The Balaban J connectivity index is 3.55. The van der Waals surface area contributed by atoms with Crippen LogP contribution in [-0.4, -0.2) is 111 Å². The van der Waals surface area contributed by atoms with E-state index in [0.29, 0.717) is 11.8 Å². The average Bonchev–Trinajstić information content (AvgIpc) is 3.14. The van der Waals surface area contributed by atoms with Crippen LogP contribution in [0.2, 0.25) is 0 Å². The highest BCUT2D eigenvalue weighted by Gasteiger charge is 2.38. The van der Waals surface area contributed by atoms with Crippen molar-refractivity contribution in [1.82, 2.24) is 31.9 Å². The zero-order chi connectivity index (χ0) is 45.7. The summed E-state index contributed by atoms with van der Waals surface area (Å²) in [4.78, 5) is 127. The first-order chi connectivity index (χ1) is 28.0. The maximum absolute atomic E-state index is 14.2. The summed E-state index contributed by atoms with van der Waals surface area (Å²) in [7, 11) is 0. The Kier molecular flexibility index (Phi) is 21.7. The Labute approximate surface area is 349 Å². The van der Waals surface area contributed by atoms with Gasteiger partial charge in [0.2, 0.25) is 35.4 Å². The average molecular weight is 843 g/mol. The van der Waals surface area contributed by atoms with Crippen molar-refractivity contribution >= 4 is 59.6 Å². The molecule has 0 aliphatic rings. The first-order valence-corrected chi connectivity index (χ1v) is 19.4. The highest BCUT2D eigenvalue weighted by atomic mass is 16.4. The van der Waals surface area contributed by atoms with Gasteiger partial charge in [-0.2, -0.15) is 0 Å². The van der Waals surface area contributed by atoms with E-state index in [4.69, 9.17) is 11.5 Å². The lowest BCUT2D eigenvalue weighted by molar-refractivity contribution is -0.142. The van der Waals surface area contributed by atoms with Crippen molar-refractivity contribution < 1.29 is 63.3 Å². The topological polar surface area (TPSA) is 304 Å². The molecule has 9 N–H and O–H groups in total. The second-order valence-electron chi connectivity index (χ2n) is 15.8. The minimum atomic E-state index is -1.80. The minimum absolute atomic E-state index is 0.0972. The molecule has 1 rings (SSSR count). The highest BCUT2D eigenvalue weighted by Crippen LogP contribution is 2.21. The SMILES string of the molecule is C#CCCC(C=O)NC(=O)[C@H](CC(C)C)NC(=O)[C@@H](NC(=O)[C@H](Cc1ccccc1C)NC(=O)[C@H](CCC(=O)O)NC(=O)[C@H](CC(=O)O)NC(=O)CCC(=O)O)C(C)(C)C. The van der Waals surface area contributed by atoms with Crippen LogP contribution in [0.5, 0.6) is 0 Å². The summed E-state index contributed by atoms with van der Waals surface area (Å²) in [6.45, 7) is 10.3. The van der Waals surface area contributed by atoms with Crippen LogP contribution in [-0.2, 0) is 54.4 Å². The van der Waals surface area contributed by atoms with Crippen molar-refractivity contribution in [2.75, 3.05) is 0 Å². The van der Waals surface area contributed by atoms with Gasteiger partial charge in [-0.05, 0) is 48.6 Å². The molecule has 0 saturated carbocycles. The van der Waals surface area contributed by atoms with Gasteiger partial charge in [-0.25, -0.2) is 0 Å². The fourth-order valence-corrected chi connectivity index (χ4v) is 5.79. The molecule has 19 nitrogen and oxygen atoms in total. The van der Waals surface area contributed by atoms with E-state index < -0.39 is 127 Å². The Morgan fingerprint density at radius 2 is 1.23 bits per heavy atom. The van der Waals surface area contributed by atoms with E-state index in [1.165, 1.54) is 0 Å². The molecule has 0 aliphatic heterocycles. The molecule has 0 bridgehead atoms. The fourth-order valence-electron chi connectivity index (χ4n) is 5.79. The third-order valence-corrected chi connectivity index (χ3v) is 9.04. The molecule has 60 heavy (non-hydrogen) atoms. The molecule has 1 aromatic rings. The Hall–Kier alpha value is -6.32. The van der Waals surface area contributed by atoms with Crippen LogP contribution in [0.25, 0.3) is 0 Å². The maximum Gasteiger partial charge on any atom is 0.305 e. The van der Waals surface area contributed by atoms with Gasteiger partial charge in [0.15, 0.2) is 0 Å². The summed E-state index contributed by atoms with van der Waals surface area (Å²) >= 11 is 0. The lowest BCUT2D eigenvalue weighted by Gasteiger charge is -2.33. The number of carboxylic acid groups (broad SMARTS) is 3. The van der Waals surface area contributed by atoms with Crippen LogP contribution < -0.4 is 31.9 Å². The van der Waals surface area contributed by atoms with Gasteiger partial charge in [0.05, 0.1) is 18.9 Å². The number of aliphatic carboxylic acids is 3. The number of rotatable bonds is 26. The smallest absolute Gasteiger partial charge is 0.305 e. The number of terminal acetylenes is 1. The van der Waals surface area contributed by atoms with Gasteiger partial charge in [0, 0.05) is 25.7 Å². The monoisotopic (exact) mass is 842 g/mol. The van der Waals surface area contributed by atoms with E-state index in [1.807, 2.05) is 13.8 Å². The van der Waals surface area contributed by atoms with Crippen molar-refractivity contribution in [3.63, 3.8) is 0 Å². The third-order valence-electron chi connectivity index (χ3n) is 9.04. The van der Waals surface area contributed by atoms with Gasteiger partial charge >= 0.3 is 17.9 Å². The molecule has 330 valence electrons. The van der Waals surface area contributed by atoms with Crippen molar-refractivity contribution in [2.45, 2.75) is 136 Å². The van der Waals surface area contributed by atoms with Crippen LogP contribution >= 0.6 is 0 Å². The third kappa shape index (κ3) is 19.4. The van der Waals surface area contributed by atoms with Crippen molar-refractivity contribution in [2.24, 2.45) is 11.3 Å². The van der Waals surface area contributed by atoms with Crippen LogP contribution in [0.4, 0.5) is 0 Å². The molecule has 1 aromatic carbocycles. The highest BCUT2D eigenvalue weighted by molar-refractivity contribution is 5.97. The number of benzene rings is 1. The molecule has 0 saturated heterocycles. The number of hydrogen-bond donors (Lipinski definition) is 9. The van der Waals surface area contributed by atoms with Gasteiger partial charge in [0.1, 0.15) is 36.5 Å². The van der Waals surface area contributed by atoms with Crippen LogP contribution in [0.1, 0.15) is 97.1 Å². The number of carbonyl (C=O) groups is 10. The number of amides is 6. The summed E-state index contributed by atoms with van der Waals surface area (Å²) < 4.78 is 0. The standard InChI is InChI=1S/C41H58N6O13/c1-8-9-14-26(22-48)42-37(57)28(19-23(2)3)46-40(60)35(41(5,6)7)47-39(59)29(20-25-13-11-10-12-24(25)4)45-36(56)27(15-17-32(50)51)44-38(58)30(21-34(54)55)43-31(49)16-18-33(52)53/h1,10-13,22-23,26-30,35H,9,14-21H2,2-7H3,(H,42,57)(H,43,49)(H,44,58)(H,45,56)(H,46,60)(H,47,59)(H,50,51)(H,52,53)(H,54,55)/t26?,27-,28-,29-,30-,35+/m0/s1. The zero-order valence-electron chi connectivity index (χ0n) is 34.8. The number of aryl methyl sites for hydroxylation is 1. The quantitative estimate of drug-likeness (QED) is 0.0450. The largest absolute Gasteiger partial charge is 0.481 e. The van der Waals surface area contributed by atoms with Gasteiger partial charge in [-0.15, -0.1) is 12.3 Å². The predicted molar refractivity (Wildman–Crippen MR) is 216 cm³/mol. The number of hydrogen-bond acceptors (Lipinski definition) is 10. The molecule has 0 heterocycles. The molecule has 0 fully saturated rings. The molecule has 0 radical (unpaired) electrons. The molecule has 0 aromatic heterocycles. The molecule has 1 unspecified atom stereocenters. The Morgan fingerprint density at radius 1 is 0.683 bits per heavy atom. The van der Waals surface area contributed by atoms with Gasteiger partial charge < -0.3 is 52.0 Å². The van der Waals surface area contributed by atoms with E-state index in [2.05, 4.69) is 37.8 Å². The summed E-state index contributed by atoms with van der Waals surface area (Å²) in [5, 5.41) is 42.5. The molecular weight excluding hydrogens is 784 g/mol. The number of carboxylic acids is 3. The Bertz CT molecular complexity index is 1770. The minimum Gasteiger partial charge on any atom is -0.481 e. The lowest BCUT2D eigenvalue weighted by Crippen LogP contribution is -2.62. The number of aldehydes is 1. The maximum atomic E-state index is 14.2. The molecular formula is C41H58N6O13. The van der Waals surface area contributed by atoms with Crippen molar-refractivity contribution in [3.8, 4) is 12.3 Å². The van der Waals surface area contributed by atoms with E-state index >= 15 is 0 Å². The number of nitrogens with one attached hydrogen (secondary N) is 6. The second-order valence-corrected chi connectivity index (χ2v) is 15.8. The zero-order valence-corrected chi connectivity index (χ0v) is 34.8. The van der Waals surface area contributed by atoms with Crippen molar-refractivity contribution in [3.05, 3.63) is 35.4 Å². The van der Waals surface area contributed by atoms with Gasteiger partial charge in [-0.3, -0.25) is 43.2 Å². The van der Waals surface area contributed by atoms with Crippen LogP contribution in [0, 0.1) is 30.6 Å². The van der Waals surface area contributed by atoms with E-state index in [-0.39, 0.29) is 31.6 Å². The van der Waals surface area contributed by atoms with Gasteiger partial charge in [-0.1, -0.05) is 58.9 Å². The molecule has 0 aliphatic carbocycles. The Morgan fingerprint density at radius 3 is 1.77 bits per heavy atom. The van der Waals surface area contributed by atoms with Crippen LogP contribution in [0.15, 0.2) is 24.3 Å². The fraction of sp³-hybridized carbons (Fsp3) is 0.561. The van der Waals surface area contributed by atoms with Crippen LogP contribution in [0.3, 0.4) is 0 Å². The molecule has 6 atom stereocenters. The van der Waals surface area contributed by atoms with E-state index in [9.17, 15) is 58.2 Å². The van der Waals surface area contributed by atoms with E-state index in [1.54, 1.807) is 52.0 Å². The first kappa shape index (κ1) is 51.7. The lowest BCUT2D eigenvalue weighted by atomic mass is 9.85. The molecule has 19 heteroatoms. The first-order valence-electron chi connectivity index (χ1n) is 19.4. The molecule has 0 spiro atoms. The summed E-state index contributed by atoms with van der Waals surface area (Å²) in [6, 6.07) is -1.43. The van der Waals surface area contributed by atoms with E-state index in [0.717, 1.165) is 5.56 Å². The summed E-state index contributed by atoms with van der Waals surface area (Å²) in [5.41, 5.74) is 0.314. The van der Waals surface area contributed by atoms with Gasteiger partial charge in [0.25, 0.3) is 0 Å².